The maximum atomic E-state index is 11.0. The highest BCUT2D eigenvalue weighted by molar-refractivity contribution is 5.78. The topological polar surface area (TPSA) is 59.6 Å². The third kappa shape index (κ3) is 4.92. The van der Waals surface area contributed by atoms with Gasteiger partial charge in [-0.3, -0.25) is 4.79 Å². The lowest BCUT2D eigenvalue weighted by Crippen LogP contribution is -2.40. The van der Waals surface area contributed by atoms with Crippen LogP contribution in [0.5, 0.6) is 0 Å². The fourth-order valence-electron chi connectivity index (χ4n) is 1.74. The third-order valence-electron chi connectivity index (χ3n) is 2.49. The molecule has 0 saturated carbocycles. The molecule has 0 spiro atoms. The van der Waals surface area contributed by atoms with Gasteiger partial charge in [-0.05, 0) is 20.3 Å². The molecule has 1 atom stereocenters. The summed E-state index contributed by atoms with van der Waals surface area (Å²) in [6.45, 7) is 6.63. The first-order valence-electron chi connectivity index (χ1n) is 5.99. The molecule has 1 aliphatic heterocycles. The zero-order valence-electron chi connectivity index (χ0n) is 10.1. The van der Waals surface area contributed by atoms with E-state index in [1.165, 1.54) is 0 Å². The quantitative estimate of drug-likeness (QED) is 0.587. The van der Waals surface area contributed by atoms with Crippen molar-refractivity contribution in [2.45, 2.75) is 39.0 Å². The van der Waals surface area contributed by atoms with Gasteiger partial charge in [-0.1, -0.05) is 0 Å². The fraction of sp³-hybridized carbons (Fsp3) is 0.909. The Kier molecular flexibility index (Phi) is 6.37. The molecule has 1 rings (SSSR count). The average molecular weight is 230 g/mol. The van der Waals surface area contributed by atoms with E-state index < -0.39 is 0 Å². The SMILES string of the molecule is CCOC(CNCC1CCC(=O)N1)OCC. The van der Waals surface area contributed by atoms with E-state index in [2.05, 4.69) is 10.6 Å². The minimum absolute atomic E-state index is 0.151. The lowest BCUT2D eigenvalue weighted by Gasteiger charge is -2.18. The Labute approximate surface area is 96.9 Å². The number of nitrogens with one attached hydrogen (secondary N) is 2. The molecule has 2 N–H and O–H groups in total. The van der Waals surface area contributed by atoms with Crippen molar-refractivity contribution >= 4 is 5.91 Å². The largest absolute Gasteiger partial charge is 0.352 e. The van der Waals surface area contributed by atoms with E-state index in [-0.39, 0.29) is 18.2 Å². The van der Waals surface area contributed by atoms with Gasteiger partial charge in [0.25, 0.3) is 0 Å². The summed E-state index contributed by atoms with van der Waals surface area (Å²) in [7, 11) is 0. The normalized spacial score (nSPS) is 20.4. The predicted octanol–water partition coefficient (Wildman–Crippen LogP) is 0.254. The Morgan fingerprint density at radius 1 is 1.44 bits per heavy atom. The van der Waals surface area contributed by atoms with Crippen LogP contribution in [-0.2, 0) is 14.3 Å². The standard InChI is InChI=1S/C11H22N2O3/c1-3-15-11(16-4-2)8-12-7-9-5-6-10(14)13-9/h9,11-12H,3-8H2,1-2H3,(H,13,14). The first-order valence-corrected chi connectivity index (χ1v) is 5.99. The van der Waals surface area contributed by atoms with E-state index in [1.807, 2.05) is 13.8 Å². The summed E-state index contributed by atoms with van der Waals surface area (Å²) in [5.41, 5.74) is 0. The van der Waals surface area contributed by atoms with E-state index in [4.69, 9.17) is 9.47 Å². The van der Waals surface area contributed by atoms with Gasteiger partial charge in [-0.25, -0.2) is 0 Å². The highest BCUT2D eigenvalue weighted by Gasteiger charge is 2.20. The fourth-order valence-corrected chi connectivity index (χ4v) is 1.74. The molecule has 0 aromatic rings. The van der Waals surface area contributed by atoms with E-state index in [0.717, 1.165) is 13.0 Å². The molecule has 1 heterocycles. The van der Waals surface area contributed by atoms with Crippen molar-refractivity contribution in [2.75, 3.05) is 26.3 Å². The number of hydrogen-bond acceptors (Lipinski definition) is 4. The Hall–Kier alpha value is -0.650. The first-order chi connectivity index (χ1) is 7.76. The molecule has 16 heavy (non-hydrogen) atoms. The van der Waals surface area contributed by atoms with Gasteiger partial charge in [0.15, 0.2) is 6.29 Å². The molecular formula is C11H22N2O3. The summed E-state index contributed by atoms with van der Waals surface area (Å²) in [5.74, 6) is 0.151. The van der Waals surface area contributed by atoms with Gasteiger partial charge in [-0.2, -0.15) is 0 Å². The predicted molar refractivity (Wildman–Crippen MR) is 61.1 cm³/mol. The number of hydrogen-bond donors (Lipinski definition) is 2. The van der Waals surface area contributed by atoms with Gasteiger partial charge in [0, 0.05) is 38.8 Å². The van der Waals surface area contributed by atoms with Crippen LogP contribution >= 0.6 is 0 Å². The first kappa shape index (κ1) is 13.4. The molecule has 0 aromatic carbocycles. The van der Waals surface area contributed by atoms with Crippen molar-refractivity contribution in [1.29, 1.82) is 0 Å². The summed E-state index contributed by atoms with van der Waals surface area (Å²) in [5, 5.41) is 6.16. The zero-order chi connectivity index (χ0) is 11.8. The Balaban J connectivity index is 2.09. The van der Waals surface area contributed by atoms with Crippen LogP contribution in [0.15, 0.2) is 0 Å². The van der Waals surface area contributed by atoms with Crippen LogP contribution in [0.1, 0.15) is 26.7 Å². The molecule has 0 aromatic heterocycles. The monoisotopic (exact) mass is 230 g/mol. The highest BCUT2D eigenvalue weighted by atomic mass is 16.7. The number of amides is 1. The second-order valence-electron chi connectivity index (χ2n) is 3.80. The van der Waals surface area contributed by atoms with Crippen molar-refractivity contribution in [2.24, 2.45) is 0 Å². The van der Waals surface area contributed by atoms with Gasteiger partial charge >= 0.3 is 0 Å². The molecule has 1 amide bonds. The summed E-state index contributed by atoms with van der Waals surface area (Å²) < 4.78 is 10.8. The Morgan fingerprint density at radius 3 is 2.62 bits per heavy atom. The van der Waals surface area contributed by atoms with E-state index in [0.29, 0.717) is 26.2 Å². The second kappa shape index (κ2) is 7.60. The molecule has 0 bridgehead atoms. The Morgan fingerprint density at radius 2 is 2.12 bits per heavy atom. The van der Waals surface area contributed by atoms with Crippen LogP contribution in [-0.4, -0.2) is 44.5 Å². The maximum absolute atomic E-state index is 11.0. The van der Waals surface area contributed by atoms with Crippen LogP contribution < -0.4 is 10.6 Å². The summed E-state index contributed by atoms with van der Waals surface area (Å²) in [6, 6.07) is 0.261. The second-order valence-corrected chi connectivity index (χ2v) is 3.80. The van der Waals surface area contributed by atoms with Gasteiger partial charge in [0.2, 0.25) is 5.91 Å². The number of rotatable bonds is 8. The molecule has 5 nitrogen and oxygen atoms in total. The smallest absolute Gasteiger partial charge is 0.220 e. The summed E-state index contributed by atoms with van der Waals surface area (Å²) in [4.78, 5) is 11.0. The van der Waals surface area contributed by atoms with Gasteiger partial charge < -0.3 is 20.1 Å². The number of ether oxygens (including phenoxy) is 2. The van der Waals surface area contributed by atoms with Crippen LogP contribution in [0.25, 0.3) is 0 Å². The van der Waals surface area contributed by atoms with Crippen molar-refractivity contribution in [1.82, 2.24) is 10.6 Å². The van der Waals surface area contributed by atoms with Crippen molar-refractivity contribution in [3.63, 3.8) is 0 Å². The van der Waals surface area contributed by atoms with E-state index in [1.54, 1.807) is 0 Å². The number of carbonyl (C=O) groups is 1. The molecule has 1 unspecified atom stereocenters. The van der Waals surface area contributed by atoms with Crippen LogP contribution in [0.4, 0.5) is 0 Å². The maximum Gasteiger partial charge on any atom is 0.220 e. The minimum atomic E-state index is -0.188. The molecule has 0 radical (unpaired) electrons. The van der Waals surface area contributed by atoms with Crippen LogP contribution in [0, 0.1) is 0 Å². The van der Waals surface area contributed by atoms with Crippen molar-refractivity contribution < 1.29 is 14.3 Å². The molecule has 0 aliphatic carbocycles. The summed E-state index contributed by atoms with van der Waals surface area (Å²) >= 11 is 0. The lowest BCUT2D eigenvalue weighted by molar-refractivity contribution is -0.132. The van der Waals surface area contributed by atoms with Gasteiger partial charge in [0.1, 0.15) is 0 Å². The molecular weight excluding hydrogens is 208 g/mol. The minimum Gasteiger partial charge on any atom is -0.352 e. The van der Waals surface area contributed by atoms with E-state index in [9.17, 15) is 4.79 Å². The van der Waals surface area contributed by atoms with Crippen molar-refractivity contribution in [3.05, 3.63) is 0 Å². The molecule has 1 fully saturated rings. The van der Waals surface area contributed by atoms with E-state index >= 15 is 0 Å². The Bertz CT molecular complexity index is 205. The van der Waals surface area contributed by atoms with Gasteiger partial charge in [-0.15, -0.1) is 0 Å². The molecule has 1 aliphatic rings. The number of carbonyl (C=O) groups excluding carboxylic acids is 1. The third-order valence-corrected chi connectivity index (χ3v) is 2.49. The highest BCUT2D eigenvalue weighted by Crippen LogP contribution is 2.05. The van der Waals surface area contributed by atoms with Crippen LogP contribution in [0.2, 0.25) is 0 Å². The van der Waals surface area contributed by atoms with Crippen LogP contribution in [0.3, 0.4) is 0 Å². The van der Waals surface area contributed by atoms with Crippen molar-refractivity contribution in [3.8, 4) is 0 Å². The average Bonchev–Trinajstić information content (AvgIpc) is 2.65. The summed E-state index contributed by atoms with van der Waals surface area (Å²) in [6.07, 6.45) is 1.37. The molecule has 94 valence electrons. The molecule has 5 heteroatoms. The molecule has 1 saturated heterocycles. The lowest BCUT2D eigenvalue weighted by atomic mass is 10.2. The van der Waals surface area contributed by atoms with Gasteiger partial charge in [0.05, 0.1) is 0 Å². The zero-order valence-corrected chi connectivity index (χ0v) is 10.1.